The van der Waals surface area contributed by atoms with E-state index in [1.165, 1.54) is 23.7 Å². The van der Waals surface area contributed by atoms with E-state index in [1.807, 2.05) is 0 Å². The summed E-state index contributed by atoms with van der Waals surface area (Å²) in [5.74, 6) is 4.78. The lowest BCUT2D eigenvalue weighted by Crippen LogP contribution is -2.22. The third-order valence-corrected chi connectivity index (χ3v) is 6.59. The lowest BCUT2D eigenvalue weighted by Gasteiger charge is -2.30. The van der Waals surface area contributed by atoms with Gasteiger partial charge in [-0.25, -0.2) is 0 Å². The van der Waals surface area contributed by atoms with Crippen LogP contribution in [0.4, 0.5) is 0 Å². The van der Waals surface area contributed by atoms with E-state index >= 15 is 0 Å². The van der Waals surface area contributed by atoms with E-state index in [-0.39, 0.29) is 0 Å². The average Bonchev–Trinajstić information content (AvgIpc) is 2.77. The molecule has 1 spiro atoms. The van der Waals surface area contributed by atoms with Gasteiger partial charge >= 0.3 is 0 Å². The van der Waals surface area contributed by atoms with Gasteiger partial charge in [0.15, 0.2) is 0 Å². The Balaban J connectivity index is 1.62. The van der Waals surface area contributed by atoms with Crippen molar-refractivity contribution >= 4 is 0 Å². The maximum absolute atomic E-state index is 1.64. The molecule has 15 heavy (non-hydrogen) atoms. The Morgan fingerprint density at radius 2 is 1.20 bits per heavy atom. The van der Waals surface area contributed by atoms with Gasteiger partial charge in [-0.3, -0.25) is 0 Å². The Labute approximate surface area is 93.8 Å². The van der Waals surface area contributed by atoms with Crippen molar-refractivity contribution in [2.45, 2.75) is 64.2 Å². The van der Waals surface area contributed by atoms with E-state index in [9.17, 15) is 0 Å². The summed E-state index contributed by atoms with van der Waals surface area (Å²) in [5, 5.41) is 0. The predicted octanol–water partition coefficient (Wildman–Crippen LogP) is 4.39. The fraction of sp³-hybridized carbons (Fsp3) is 1.00. The quantitative estimate of drug-likeness (QED) is 0.549. The highest BCUT2D eigenvalue weighted by atomic mass is 14.7. The minimum absolute atomic E-state index is 0.932. The number of rotatable bonds is 0. The highest BCUT2D eigenvalue weighted by Gasteiger charge is 2.70. The molecule has 0 aromatic rings. The first-order valence-corrected chi connectivity index (χ1v) is 7.43. The highest BCUT2D eigenvalue weighted by Crippen LogP contribution is 2.77. The average molecular weight is 204 g/mol. The van der Waals surface area contributed by atoms with Gasteiger partial charge in [0.05, 0.1) is 0 Å². The van der Waals surface area contributed by atoms with Crippen LogP contribution in [-0.2, 0) is 0 Å². The molecule has 4 rings (SSSR count). The summed E-state index contributed by atoms with van der Waals surface area (Å²) in [4.78, 5) is 0. The van der Waals surface area contributed by atoms with Crippen LogP contribution in [0.5, 0.6) is 0 Å². The molecule has 0 N–H and O–H groups in total. The predicted molar refractivity (Wildman–Crippen MR) is 62.6 cm³/mol. The molecule has 4 unspecified atom stereocenters. The molecule has 0 aromatic carbocycles. The van der Waals surface area contributed by atoms with Crippen molar-refractivity contribution in [2.24, 2.45) is 29.1 Å². The fourth-order valence-corrected chi connectivity index (χ4v) is 6.10. The molecule has 0 aliphatic heterocycles. The van der Waals surface area contributed by atoms with Gasteiger partial charge in [0.2, 0.25) is 0 Å². The summed E-state index contributed by atoms with van der Waals surface area (Å²) < 4.78 is 0. The van der Waals surface area contributed by atoms with Crippen molar-refractivity contribution in [1.82, 2.24) is 0 Å². The van der Waals surface area contributed by atoms with Crippen LogP contribution in [0.1, 0.15) is 64.2 Å². The van der Waals surface area contributed by atoms with E-state index in [1.54, 1.807) is 64.2 Å². The Kier molecular flexibility index (Phi) is 1.83. The minimum Gasteiger partial charge on any atom is -0.0530 e. The fourth-order valence-electron chi connectivity index (χ4n) is 6.10. The first-order valence-electron chi connectivity index (χ1n) is 7.43. The van der Waals surface area contributed by atoms with Gasteiger partial charge in [-0.15, -0.1) is 0 Å². The molecule has 4 saturated carbocycles. The topological polar surface area (TPSA) is 0 Å². The van der Waals surface area contributed by atoms with Gasteiger partial charge in [0.1, 0.15) is 0 Å². The lowest BCUT2D eigenvalue weighted by atomic mass is 9.75. The Bertz CT molecular complexity index is 255. The zero-order valence-electron chi connectivity index (χ0n) is 9.88. The van der Waals surface area contributed by atoms with Crippen molar-refractivity contribution in [3.63, 3.8) is 0 Å². The van der Waals surface area contributed by atoms with Crippen molar-refractivity contribution in [1.29, 1.82) is 0 Å². The van der Waals surface area contributed by atoms with Gasteiger partial charge in [0.25, 0.3) is 0 Å². The number of fused-ring (bicyclic) bond motifs is 5. The molecular formula is C15H24. The van der Waals surface area contributed by atoms with Crippen molar-refractivity contribution < 1.29 is 0 Å². The monoisotopic (exact) mass is 204 g/mol. The molecule has 4 aliphatic carbocycles. The molecule has 4 fully saturated rings. The maximum atomic E-state index is 1.64. The Morgan fingerprint density at radius 1 is 0.600 bits per heavy atom. The van der Waals surface area contributed by atoms with E-state index in [4.69, 9.17) is 0 Å². The minimum atomic E-state index is 0.932. The second-order valence-corrected chi connectivity index (χ2v) is 6.80. The molecule has 84 valence electrons. The molecule has 0 heteroatoms. The summed E-state index contributed by atoms with van der Waals surface area (Å²) in [6, 6.07) is 0. The van der Waals surface area contributed by atoms with Gasteiger partial charge in [-0.05, 0) is 61.2 Å². The number of hydrogen-bond donors (Lipinski definition) is 0. The molecule has 0 amide bonds. The Hall–Kier alpha value is 0. The molecule has 0 saturated heterocycles. The summed E-state index contributed by atoms with van der Waals surface area (Å²) in [6.07, 6.45) is 15.9. The first-order chi connectivity index (χ1) is 7.43. The third-order valence-electron chi connectivity index (χ3n) is 6.59. The van der Waals surface area contributed by atoms with E-state index in [0.29, 0.717) is 0 Å². The molecular weight excluding hydrogens is 180 g/mol. The molecule has 0 radical (unpaired) electrons. The van der Waals surface area contributed by atoms with Crippen LogP contribution in [-0.4, -0.2) is 0 Å². The van der Waals surface area contributed by atoms with Crippen molar-refractivity contribution in [2.75, 3.05) is 0 Å². The number of hydrogen-bond acceptors (Lipinski definition) is 0. The summed E-state index contributed by atoms with van der Waals surface area (Å²) in [7, 11) is 0. The van der Waals surface area contributed by atoms with Gasteiger partial charge < -0.3 is 0 Å². The van der Waals surface area contributed by atoms with E-state index < -0.39 is 0 Å². The highest BCUT2D eigenvalue weighted by molar-refractivity contribution is 5.18. The summed E-state index contributed by atoms with van der Waals surface area (Å²) in [5.41, 5.74) is 0.932. The van der Waals surface area contributed by atoms with Crippen LogP contribution >= 0.6 is 0 Å². The first kappa shape index (κ1) is 9.07. The van der Waals surface area contributed by atoms with Gasteiger partial charge in [-0.2, -0.15) is 0 Å². The second kappa shape index (κ2) is 3.02. The van der Waals surface area contributed by atoms with Crippen molar-refractivity contribution in [3.05, 3.63) is 0 Å². The largest absolute Gasteiger partial charge is 0.0530 e. The normalized spacial score (nSPS) is 57.6. The zero-order chi connectivity index (χ0) is 9.88. The lowest BCUT2D eigenvalue weighted by molar-refractivity contribution is 0.193. The van der Waals surface area contributed by atoms with Crippen LogP contribution in [0.15, 0.2) is 0 Å². The van der Waals surface area contributed by atoms with Crippen LogP contribution in [0.25, 0.3) is 0 Å². The standard InChI is InChI=1S/C15H24/c1-2-6-12-11(5-1)9-10-15(12)13-7-3-4-8-14(13)15/h11-14H,1-10H2. The van der Waals surface area contributed by atoms with Crippen molar-refractivity contribution in [3.8, 4) is 0 Å². The molecule has 0 heterocycles. The SMILES string of the molecule is C1CCC2C(C1)CCC21C2CCCCC21. The Morgan fingerprint density at radius 3 is 1.93 bits per heavy atom. The second-order valence-electron chi connectivity index (χ2n) is 6.80. The molecule has 4 atom stereocenters. The summed E-state index contributed by atoms with van der Waals surface area (Å²) >= 11 is 0. The molecule has 4 aliphatic rings. The van der Waals surface area contributed by atoms with Gasteiger partial charge in [0, 0.05) is 0 Å². The summed E-state index contributed by atoms with van der Waals surface area (Å²) in [6.45, 7) is 0. The molecule has 0 aromatic heterocycles. The smallest absolute Gasteiger partial charge is 0.0204 e. The molecule has 0 bridgehead atoms. The molecule has 0 nitrogen and oxygen atoms in total. The van der Waals surface area contributed by atoms with Crippen LogP contribution in [0.2, 0.25) is 0 Å². The third kappa shape index (κ3) is 1.04. The van der Waals surface area contributed by atoms with E-state index in [0.717, 1.165) is 5.41 Å². The van der Waals surface area contributed by atoms with Gasteiger partial charge in [-0.1, -0.05) is 32.1 Å². The van der Waals surface area contributed by atoms with Crippen LogP contribution in [0, 0.1) is 29.1 Å². The maximum Gasteiger partial charge on any atom is -0.0204 e. The van der Waals surface area contributed by atoms with Crippen LogP contribution < -0.4 is 0 Å². The zero-order valence-corrected chi connectivity index (χ0v) is 9.88. The van der Waals surface area contributed by atoms with E-state index in [2.05, 4.69) is 0 Å². The van der Waals surface area contributed by atoms with Crippen LogP contribution in [0.3, 0.4) is 0 Å².